The lowest BCUT2D eigenvalue weighted by atomic mass is 10.2. The Kier molecular flexibility index (Phi) is 5.35. The van der Waals surface area contributed by atoms with E-state index in [2.05, 4.69) is 15.1 Å². The standard InChI is InChI=1S/C21H17FN6O3S2/c22-14-1-3-15(4-2-14)28-20-17(10-26-28)21(25-12-24-20)32-11-19(29)27-8-7-13-9-16(33(23,30)31)5-6-18(13)27/h1-6,9-10,12H,7-8,11H2,(H2,23,30,31). The zero-order valence-electron chi connectivity index (χ0n) is 17.1. The Bertz CT molecular complexity index is 1490. The summed E-state index contributed by atoms with van der Waals surface area (Å²) in [5.74, 6) is -0.340. The molecule has 33 heavy (non-hydrogen) atoms. The number of amides is 1. The highest BCUT2D eigenvalue weighted by molar-refractivity contribution is 8.00. The molecule has 2 N–H and O–H groups in total. The zero-order chi connectivity index (χ0) is 23.2. The Morgan fingerprint density at radius 2 is 1.94 bits per heavy atom. The largest absolute Gasteiger partial charge is 0.311 e. The second kappa shape index (κ2) is 8.21. The number of carbonyl (C=O) groups excluding carboxylic acids is 1. The van der Waals surface area contributed by atoms with Crippen LogP contribution in [0.25, 0.3) is 16.7 Å². The van der Waals surface area contributed by atoms with Crippen molar-refractivity contribution in [1.82, 2.24) is 19.7 Å². The van der Waals surface area contributed by atoms with Gasteiger partial charge in [-0.3, -0.25) is 4.79 Å². The molecule has 0 saturated carbocycles. The van der Waals surface area contributed by atoms with E-state index in [4.69, 9.17) is 5.14 Å². The number of rotatable bonds is 5. The fourth-order valence-electron chi connectivity index (χ4n) is 3.73. The highest BCUT2D eigenvalue weighted by atomic mass is 32.2. The maximum absolute atomic E-state index is 13.2. The Hall–Kier alpha value is -3.35. The summed E-state index contributed by atoms with van der Waals surface area (Å²) in [6, 6.07) is 10.4. The molecule has 0 bridgehead atoms. The van der Waals surface area contributed by atoms with E-state index in [0.29, 0.717) is 40.4 Å². The van der Waals surface area contributed by atoms with Crippen molar-refractivity contribution in [2.75, 3.05) is 17.2 Å². The summed E-state index contributed by atoms with van der Waals surface area (Å²) < 4.78 is 38.0. The van der Waals surface area contributed by atoms with Crippen LogP contribution in [-0.4, -0.2) is 46.4 Å². The normalized spacial score (nSPS) is 13.5. The number of aromatic nitrogens is 4. The molecule has 1 amide bonds. The van der Waals surface area contributed by atoms with E-state index < -0.39 is 10.0 Å². The first-order chi connectivity index (χ1) is 15.8. The van der Waals surface area contributed by atoms with E-state index in [0.717, 1.165) is 5.56 Å². The molecule has 1 aliphatic heterocycles. The number of sulfonamides is 1. The molecule has 12 heteroatoms. The molecule has 2 aromatic carbocycles. The van der Waals surface area contributed by atoms with Crippen molar-refractivity contribution in [2.45, 2.75) is 16.3 Å². The second-order valence-electron chi connectivity index (χ2n) is 7.37. The van der Waals surface area contributed by atoms with Gasteiger partial charge in [-0.2, -0.15) is 5.10 Å². The predicted molar refractivity (Wildman–Crippen MR) is 121 cm³/mol. The Balaban J connectivity index is 1.35. The second-order valence-corrected chi connectivity index (χ2v) is 9.89. The van der Waals surface area contributed by atoms with Crippen LogP contribution in [0.5, 0.6) is 0 Å². The van der Waals surface area contributed by atoms with Crippen molar-refractivity contribution >= 4 is 44.4 Å². The lowest BCUT2D eigenvalue weighted by Gasteiger charge is -2.17. The van der Waals surface area contributed by atoms with Crippen molar-refractivity contribution in [2.24, 2.45) is 5.14 Å². The summed E-state index contributed by atoms with van der Waals surface area (Å²) in [4.78, 5) is 23.2. The summed E-state index contributed by atoms with van der Waals surface area (Å²) in [5, 5.41) is 10.8. The van der Waals surface area contributed by atoms with Crippen LogP contribution < -0.4 is 10.0 Å². The van der Waals surface area contributed by atoms with Gasteiger partial charge in [0.15, 0.2) is 5.65 Å². The number of thioether (sulfide) groups is 1. The smallest absolute Gasteiger partial charge is 0.238 e. The fraction of sp³-hybridized carbons (Fsp3) is 0.143. The van der Waals surface area contributed by atoms with Gasteiger partial charge in [-0.05, 0) is 54.4 Å². The summed E-state index contributed by atoms with van der Waals surface area (Å²) in [5.41, 5.74) is 2.66. The van der Waals surface area contributed by atoms with Crippen molar-refractivity contribution < 1.29 is 17.6 Å². The maximum atomic E-state index is 13.2. The third-order valence-electron chi connectivity index (χ3n) is 5.31. The lowest BCUT2D eigenvalue weighted by Crippen LogP contribution is -2.30. The summed E-state index contributed by atoms with van der Waals surface area (Å²) in [7, 11) is -3.80. The summed E-state index contributed by atoms with van der Waals surface area (Å²) >= 11 is 1.27. The third kappa shape index (κ3) is 4.08. The van der Waals surface area contributed by atoms with Crippen LogP contribution in [0.1, 0.15) is 5.56 Å². The number of hydrogen-bond donors (Lipinski definition) is 1. The molecule has 0 fully saturated rings. The molecule has 5 rings (SSSR count). The van der Waals surface area contributed by atoms with E-state index >= 15 is 0 Å². The fourth-order valence-corrected chi connectivity index (χ4v) is 5.13. The molecular weight excluding hydrogens is 467 g/mol. The molecule has 2 aromatic heterocycles. The molecule has 0 atom stereocenters. The van der Waals surface area contributed by atoms with Crippen LogP contribution in [0.15, 0.2) is 64.9 Å². The van der Waals surface area contributed by atoms with Crippen molar-refractivity contribution in [3.63, 3.8) is 0 Å². The van der Waals surface area contributed by atoms with Gasteiger partial charge >= 0.3 is 0 Å². The van der Waals surface area contributed by atoms with Crippen molar-refractivity contribution in [1.29, 1.82) is 0 Å². The topological polar surface area (TPSA) is 124 Å². The van der Waals surface area contributed by atoms with Gasteiger partial charge in [0, 0.05) is 12.2 Å². The van der Waals surface area contributed by atoms with Gasteiger partial charge in [0.25, 0.3) is 0 Å². The molecule has 0 spiro atoms. The van der Waals surface area contributed by atoms with Crippen LogP contribution in [0.2, 0.25) is 0 Å². The van der Waals surface area contributed by atoms with E-state index in [1.165, 1.54) is 42.4 Å². The van der Waals surface area contributed by atoms with E-state index in [1.807, 2.05) is 0 Å². The SMILES string of the molecule is NS(=O)(=O)c1ccc2c(c1)CCN2C(=O)CSc1ncnc2c1cnn2-c1ccc(F)cc1. The number of nitrogens with zero attached hydrogens (tertiary/aromatic N) is 5. The minimum Gasteiger partial charge on any atom is -0.311 e. The molecule has 9 nitrogen and oxygen atoms in total. The first kappa shape index (κ1) is 21.5. The Labute approximate surface area is 192 Å². The van der Waals surface area contributed by atoms with Crippen LogP contribution in [0.4, 0.5) is 10.1 Å². The summed E-state index contributed by atoms with van der Waals surface area (Å²) in [6.45, 7) is 0.463. The predicted octanol–water partition coefficient (Wildman–Crippen LogP) is 2.28. The molecule has 0 radical (unpaired) electrons. The van der Waals surface area contributed by atoms with E-state index in [-0.39, 0.29) is 22.4 Å². The highest BCUT2D eigenvalue weighted by Gasteiger charge is 2.26. The van der Waals surface area contributed by atoms with Gasteiger partial charge < -0.3 is 4.90 Å². The summed E-state index contributed by atoms with van der Waals surface area (Å²) in [6.07, 6.45) is 3.57. The number of fused-ring (bicyclic) bond motifs is 2. The molecule has 4 aromatic rings. The number of nitrogens with two attached hydrogens (primary N) is 1. The quantitative estimate of drug-likeness (QED) is 0.340. The van der Waals surface area contributed by atoms with Gasteiger partial charge in [0.1, 0.15) is 17.2 Å². The minimum atomic E-state index is -3.80. The average molecular weight is 485 g/mol. The molecule has 168 valence electrons. The monoisotopic (exact) mass is 484 g/mol. The van der Waals surface area contributed by atoms with Crippen LogP contribution >= 0.6 is 11.8 Å². The van der Waals surface area contributed by atoms with Gasteiger partial charge in [0.2, 0.25) is 15.9 Å². The number of hydrogen-bond acceptors (Lipinski definition) is 7. The molecule has 0 unspecified atom stereocenters. The van der Waals surface area contributed by atoms with E-state index in [1.54, 1.807) is 34.0 Å². The van der Waals surface area contributed by atoms with Crippen molar-refractivity contribution in [3.05, 3.63) is 66.4 Å². The van der Waals surface area contributed by atoms with Gasteiger partial charge in [0.05, 0.1) is 27.9 Å². The highest BCUT2D eigenvalue weighted by Crippen LogP contribution is 2.32. The van der Waals surface area contributed by atoms with Gasteiger partial charge in [-0.15, -0.1) is 0 Å². The lowest BCUT2D eigenvalue weighted by molar-refractivity contribution is -0.116. The number of primary sulfonamides is 1. The molecule has 0 aliphatic carbocycles. The zero-order valence-corrected chi connectivity index (χ0v) is 18.7. The molecule has 3 heterocycles. The van der Waals surface area contributed by atoms with Crippen LogP contribution in [-0.2, 0) is 21.2 Å². The van der Waals surface area contributed by atoms with Crippen LogP contribution in [0, 0.1) is 5.82 Å². The molecule has 0 saturated heterocycles. The average Bonchev–Trinajstić information content (AvgIpc) is 3.42. The first-order valence-electron chi connectivity index (χ1n) is 9.85. The number of halogens is 1. The van der Waals surface area contributed by atoms with Crippen molar-refractivity contribution in [3.8, 4) is 5.69 Å². The number of benzene rings is 2. The third-order valence-corrected chi connectivity index (χ3v) is 7.21. The van der Waals surface area contributed by atoms with Gasteiger partial charge in [-0.1, -0.05) is 11.8 Å². The number of carbonyl (C=O) groups is 1. The minimum absolute atomic E-state index is 0.0338. The molecule has 1 aliphatic rings. The van der Waals surface area contributed by atoms with Crippen LogP contribution in [0.3, 0.4) is 0 Å². The maximum Gasteiger partial charge on any atom is 0.238 e. The molecular formula is C21H17FN6O3S2. The Morgan fingerprint density at radius 3 is 2.70 bits per heavy atom. The van der Waals surface area contributed by atoms with E-state index in [9.17, 15) is 17.6 Å². The number of anilines is 1. The first-order valence-corrected chi connectivity index (χ1v) is 12.4. The Morgan fingerprint density at radius 1 is 1.15 bits per heavy atom. The van der Waals surface area contributed by atoms with Gasteiger partial charge in [-0.25, -0.2) is 32.6 Å².